The minimum Gasteiger partial charge on any atom is -0.392 e. The SMILES string of the molecule is C=CN1C=C(C)C=C/C1=C(/C)CO. The lowest BCUT2D eigenvalue weighted by Gasteiger charge is -2.22. The van der Waals surface area contributed by atoms with Gasteiger partial charge in [0.05, 0.1) is 6.61 Å². The van der Waals surface area contributed by atoms with Gasteiger partial charge in [0, 0.05) is 18.1 Å². The topological polar surface area (TPSA) is 23.5 Å². The summed E-state index contributed by atoms with van der Waals surface area (Å²) in [5.74, 6) is 0. The Labute approximate surface area is 79.2 Å². The lowest BCUT2D eigenvalue weighted by atomic mass is 10.1. The second kappa shape index (κ2) is 4.10. The van der Waals surface area contributed by atoms with Gasteiger partial charge in [0.15, 0.2) is 0 Å². The fourth-order valence-electron chi connectivity index (χ4n) is 1.22. The highest BCUT2D eigenvalue weighted by Crippen LogP contribution is 2.19. The Kier molecular flexibility index (Phi) is 3.09. The van der Waals surface area contributed by atoms with Gasteiger partial charge >= 0.3 is 0 Å². The van der Waals surface area contributed by atoms with E-state index in [2.05, 4.69) is 6.58 Å². The Morgan fingerprint density at radius 3 is 2.85 bits per heavy atom. The first-order valence-electron chi connectivity index (χ1n) is 4.27. The zero-order valence-electron chi connectivity index (χ0n) is 8.12. The largest absolute Gasteiger partial charge is 0.392 e. The van der Waals surface area contributed by atoms with Gasteiger partial charge in [-0.2, -0.15) is 0 Å². The van der Waals surface area contributed by atoms with Gasteiger partial charge < -0.3 is 10.0 Å². The van der Waals surface area contributed by atoms with Crippen molar-refractivity contribution in [2.75, 3.05) is 6.61 Å². The zero-order valence-corrected chi connectivity index (χ0v) is 8.12. The van der Waals surface area contributed by atoms with Crippen molar-refractivity contribution in [2.45, 2.75) is 13.8 Å². The van der Waals surface area contributed by atoms with E-state index < -0.39 is 0 Å². The number of allylic oxidation sites excluding steroid dienone is 3. The van der Waals surface area contributed by atoms with Gasteiger partial charge in [-0.15, -0.1) is 0 Å². The first-order valence-corrected chi connectivity index (χ1v) is 4.27. The summed E-state index contributed by atoms with van der Waals surface area (Å²) in [6.07, 6.45) is 7.74. The van der Waals surface area contributed by atoms with Crippen LogP contribution >= 0.6 is 0 Å². The summed E-state index contributed by atoms with van der Waals surface area (Å²) >= 11 is 0. The first-order chi connectivity index (χ1) is 6.19. The maximum atomic E-state index is 8.99. The summed E-state index contributed by atoms with van der Waals surface area (Å²) in [6.45, 7) is 7.73. The molecule has 0 saturated heterocycles. The molecule has 0 atom stereocenters. The van der Waals surface area contributed by atoms with Crippen LogP contribution in [0.5, 0.6) is 0 Å². The van der Waals surface area contributed by atoms with E-state index in [0.717, 1.165) is 11.3 Å². The van der Waals surface area contributed by atoms with Crippen molar-refractivity contribution in [3.8, 4) is 0 Å². The third kappa shape index (κ3) is 2.10. The number of aliphatic hydroxyl groups is 1. The summed E-state index contributed by atoms with van der Waals surface area (Å²) in [5, 5.41) is 8.99. The minimum absolute atomic E-state index is 0.0803. The third-order valence-electron chi connectivity index (χ3n) is 2.00. The van der Waals surface area contributed by atoms with Crippen LogP contribution in [0.15, 0.2) is 48.0 Å². The van der Waals surface area contributed by atoms with Crippen LogP contribution in [0.4, 0.5) is 0 Å². The molecule has 0 aliphatic carbocycles. The smallest absolute Gasteiger partial charge is 0.0662 e. The van der Waals surface area contributed by atoms with Crippen LogP contribution in [0.3, 0.4) is 0 Å². The van der Waals surface area contributed by atoms with Crippen LogP contribution in [-0.4, -0.2) is 16.6 Å². The Hall–Kier alpha value is -1.28. The second-order valence-electron chi connectivity index (χ2n) is 3.12. The van der Waals surface area contributed by atoms with Crippen LogP contribution in [0.1, 0.15) is 13.8 Å². The molecule has 1 aliphatic heterocycles. The molecule has 0 bridgehead atoms. The molecule has 0 saturated carbocycles. The normalized spacial score (nSPS) is 19.9. The number of nitrogens with zero attached hydrogens (tertiary/aromatic N) is 1. The van der Waals surface area contributed by atoms with Crippen molar-refractivity contribution < 1.29 is 5.11 Å². The number of rotatable bonds is 2. The molecule has 0 spiro atoms. The van der Waals surface area contributed by atoms with E-state index in [1.807, 2.05) is 37.1 Å². The molecule has 0 radical (unpaired) electrons. The van der Waals surface area contributed by atoms with Gasteiger partial charge in [-0.05, 0) is 31.1 Å². The predicted octanol–water partition coefficient (Wildman–Crippen LogP) is 2.17. The fourth-order valence-corrected chi connectivity index (χ4v) is 1.22. The highest BCUT2D eigenvalue weighted by atomic mass is 16.3. The summed E-state index contributed by atoms with van der Waals surface area (Å²) in [7, 11) is 0. The molecular formula is C11H15NO. The molecule has 2 nitrogen and oxygen atoms in total. The average molecular weight is 177 g/mol. The fraction of sp³-hybridized carbons (Fsp3) is 0.273. The van der Waals surface area contributed by atoms with Gasteiger partial charge in [0.2, 0.25) is 0 Å². The lowest BCUT2D eigenvalue weighted by Crippen LogP contribution is -2.13. The molecule has 0 aromatic carbocycles. The number of aliphatic hydroxyl groups excluding tert-OH is 1. The standard InChI is InChI=1S/C11H15NO/c1-4-12-7-9(2)5-6-11(12)10(3)8-13/h4-7,13H,1,8H2,2-3H3/b11-10+. The summed E-state index contributed by atoms with van der Waals surface area (Å²) in [4.78, 5) is 1.92. The lowest BCUT2D eigenvalue weighted by molar-refractivity contribution is 0.327. The summed E-state index contributed by atoms with van der Waals surface area (Å²) < 4.78 is 0. The van der Waals surface area contributed by atoms with Crippen molar-refractivity contribution in [1.82, 2.24) is 4.90 Å². The van der Waals surface area contributed by atoms with E-state index >= 15 is 0 Å². The van der Waals surface area contributed by atoms with Crippen molar-refractivity contribution in [2.24, 2.45) is 0 Å². The Morgan fingerprint density at radius 1 is 1.62 bits per heavy atom. The maximum absolute atomic E-state index is 8.99. The highest BCUT2D eigenvalue weighted by Gasteiger charge is 2.07. The molecule has 2 heteroatoms. The van der Waals surface area contributed by atoms with Crippen LogP contribution in [0.25, 0.3) is 0 Å². The van der Waals surface area contributed by atoms with Gasteiger partial charge in [0.25, 0.3) is 0 Å². The summed E-state index contributed by atoms with van der Waals surface area (Å²) in [5.41, 5.74) is 3.12. The van der Waals surface area contributed by atoms with E-state index in [4.69, 9.17) is 5.11 Å². The molecule has 1 rings (SSSR count). The second-order valence-corrected chi connectivity index (χ2v) is 3.12. The van der Waals surface area contributed by atoms with Gasteiger partial charge in [-0.25, -0.2) is 0 Å². The molecule has 0 unspecified atom stereocenters. The van der Waals surface area contributed by atoms with Gasteiger partial charge in [-0.1, -0.05) is 12.7 Å². The summed E-state index contributed by atoms with van der Waals surface area (Å²) in [6, 6.07) is 0. The molecular weight excluding hydrogens is 162 g/mol. The number of hydrogen-bond donors (Lipinski definition) is 1. The molecule has 1 N–H and O–H groups in total. The third-order valence-corrected chi connectivity index (χ3v) is 2.00. The van der Waals surface area contributed by atoms with Crippen LogP contribution in [0, 0.1) is 0 Å². The average Bonchev–Trinajstić information content (AvgIpc) is 2.16. The van der Waals surface area contributed by atoms with E-state index in [0.29, 0.717) is 0 Å². The highest BCUT2D eigenvalue weighted by molar-refractivity contribution is 5.36. The minimum atomic E-state index is 0.0803. The van der Waals surface area contributed by atoms with Crippen molar-refractivity contribution >= 4 is 0 Å². The zero-order chi connectivity index (χ0) is 9.84. The molecule has 70 valence electrons. The van der Waals surface area contributed by atoms with Crippen LogP contribution < -0.4 is 0 Å². The molecule has 1 heterocycles. The molecule has 0 amide bonds. The van der Waals surface area contributed by atoms with Crippen molar-refractivity contribution in [1.29, 1.82) is 0 Å². The molecule has 0 aromatic rings. The molecule has 13 heavy (non-hydrogen) atoms. The van der Waals surface area contributed by atoms with Crippen LogP contribution in [-0.2, 0) is 0 Å². The Balaban J connectivity index is 3.03. The van der Waals surface area contributed by atoms with E-state index in [9.17, 15) is 0 Å². The number of hydrogen-bond acceptors (Lipinski definition) is 2. The molecule has 0 aromatic heterocycles. The van der Waals surface area contributed by atoms with Gasteiger partial charge in [-0.3, -0.25) is 0 Å². The quantitative estimate of drug-likeness (QED) is 0.698. The Bertz CT molecular complexity index is 297. The van der Waals surface area contributed by atoms with E-state index in [-0.39, 0.29) is 6.61 Å². The van der Waals surface area contributed by atoms with Crippen LogP contribution in [0.2, 0.25) is 0 Å². The molecule has 0 fully saturated rings. The van der Waals surface area contributed by atoms with Crippen molar-refractivity contribution in [3.63, 3.8) is 0 Å². The predicted molar refractivity (Wildman–Crippen MR) is 54.7 cm³/mol. The van der Waals surface area contributed by atoms with Crippen molar-refractivity contribution in [3.05, 3.63) is 48.0 Å². The van der Waals surface area contributed by atoms with E-state index in [1.54, 1.807) is 6.20 Å². The van der Waals surface area contributed by atoms with Gasteiger partial charge in [0.1, 0.15) is 0 Å². The first kappa shape index (κ1) is 9.81. The monoisotopic (exact) mass is 177 g/mol. The van der Waals surface area contributed by atoms with E-state index in [1.165, 1.54) is 5.57 Å². The Morgan fingerprint density at radius 2 is 2.31 bits per heavy atom. The molecule has 1 aliphatic rings. The maximum Gasteiger partial charge on any atom is 0.0662 e.